The largest absolute Gasteiger partial charge is 0.481 e. The SMILES string of the molecule is Cc1cc(CNC(=O)N2CCC[C@H](C(=O)O)C2)on1. The Morgan fingerprint density at radius 3 is 3.05 bits per heavy atom. The number of likely N-dealkylation sites (tertiary alicyclic amines) is 1. The van der Waals surface area contributed by atoms with E-state index < -0.39 is 11.9 Å². The van der Waals surface area contributed by atoms with Crippen molar-refractivity contribution in [1.29, 1.82) is 0 Å². The molecule has 2 amide bonds. The molecule has 1 aliphatic heterocycles. The van der Waals surface area contributed by atoms with Gasteiger partial charge in [0.2, 0.25) is 0 Å². The summed E-state index contributed by atoms with van der Waals surface area (Å²) in [6.45, 7) is 2.91. The van der Waals surface area contributed by atoms with Crippen LogP contribution in [0.2, 0.25) is 0 Å². The van der Waals surface area contributed by atoms with E-state index in [-0.39, 0.29) is 19.1 Å². The number of aromatic nitrogens is 1. The number of carbonyl (C=O) groups is 2. The molecule has 2 rings (SSSR count). The third kappa shape index (κ3) is 3.46. The van der Waals surface area contributed by atoms with Crippen LogP contribution in [-0.2, 0) is 11.3 Å². The summed E-state index contributed by atoms with van der Waals surface area (Å²) < 4.78 is 4.98. The van der Waals surface area contributed by atoms with Crippen LogP contribution < -0.4 is 5.32 Å². The van der Waals surface area contributed by atoms with Gasteiger partial charge in [-0.3, -0.25) is 4.79 Å². The fraction of sp³-hybridized carbons (Fsp3) is 0.583. The molecule has 0 aliphatic carbocycles. The van der Waals surface area contributed by atoms with E-state index >= 15 is 0 Å². The molecule has 0 unspecified atom stereocenters. The van der Waals surface area contributed by atoms with Crippen molar-refractivity contribution in [1.82, 2.24) is 15.4 Å². The molecule has 2 N–H and O–H groups in total. The maximum Gasteiger partial charge on any atom is 0.317 e. The van der Waals surface area contributed by atoms with E-state index in [1.54, 1.807) is 13.0 Å². The summed E-state index contributed by atoms with van der Waals surface area (Å²) in [5.74, 6) is -0.729. The Balaban J connectivity index is 1.84. The van der Waals surface area contributed by atoms with E-state index in [2.05, 4.69) is 10.5 Å². The van der Waals surface area contributed by atoms with Crippen LogP contribution in [0.15, 0.2) is 10.6 Å². The predicted octanol–water partition coefficient (Wildman–Crippen LogP) is 0.989. The van der Waals surface area contributed by atoms with Crippen molar-refractivity contribution in [2.45, 2.75) is 26.3 Å². The molecule has 19 heavy (non-hydrogen) atoms. The number of urea groups is 1. The summed E-state index contributed by atoms with van der Waals surface area (Å²) in [5, 5.41) is 15.4. The van der Waals surface area contributed by atoms with E-state index in [0.29, 0.717) is 25.1 Å². The first kappa shape index (κ1) is 13.4. The highest BCUT2D eigenvalue weighted by Crippen LogP contribution is 2.16. The molecule has 104 valence electrons. The molecule has 7 nitrogen and oxygen atoms in total. The van der Waals surface area contributed by atoms with E-state index in [1.165, 1.54) is 4.90 Å². The second-order valence-corrected chi connectivity index (χ2v) is 4.72. The van der Waals surface area contributed by atoms with Gasteiger partial charge in [0.1, 0.15) is 0 Å². The Bertz CT molecular complexity index is 471. The number of carboxylic acids is 1. The summed E-state index contributed by atoms with van der Waals surface area (Å²) in [4.78, 5) is 24.4. The number of piperidine rings is 1. The number of carbonyl (C=O) groups excluding carboxylic acids is 1. The van der Waals surface area contributed by atoms with Crippen molar-refractivity contribution in [2.75, 3.05) is 13.1 Å². The van der Waals surface area contributed by atoms with E-state index in [0.717, 1.165) is 5.69 Å². The second-order valence-electron chi connectivity index (χ2n) is 4.72. The van der Waals surface area contributed by atoms with Crippen LogP contribution in [-0.4, -0.2) is 40.3 Å². The zero-order chi connectivity index (χ0) is 13.8. The highest BCUT2D eigenvalue weighted by molar-refractivity contribution is 5.76. The minimum atomic E-state index is -0.844. The zero-order valence-electron chi connectivity index (χ0n) is 10.8. The number of hydrogen-bond acceptors (Lipinski definition) is 4. The fourth-order valence-corrected chi connectivity index (χ4v) is 2.14. The lowest BCUT2D eigenvalue weighted by Crippen LogP contribution is -2.46. The van der Waals surface area contributed by atoms with E-state index in [1.807, 2.05) is 0 Å². The summed E-state index contributed by atoms with van der Waals surface area (Å²) in [7, 11) is 0. The van der Waals surface area contributed by atoms with Gasteiger partial charge < -0.3 is 19.8 Å². The third-order valence-corrected chi connectivity index (χ3v) is 3.15. The predicted molar refractivity (Wildman–Crippen MR) is 65.4 cm³/mol. The van der Waals surface area contributed by atoms with Gasteiger partial charge in [-0.05, 0) is 19.8 Å². The van der Waals surface area contributed by atoms with Crippen molar-refractivity contribution in [3.8, 4) is 0 Å². The van der Waals surface area contributed by atoms with Crippen molar-refractivity contribution in [2.24, 2.45) is 5.92 Å². The van der Waals surface area contributed by atoms with Crippen molar-refractivity contribution < 1.29 is 19.2 Å². The molecule has 0 saturated carbocycles. The Kier molecular flexibility index (Phi) is 4.03. The molecule has 0 aromatic carbocycles. The molecule has 0 radical (unpaired) electrons. The molecule has 1 fully saturated rings. The Labute approximate surface area is 110 Å². The average molecular weight is 267 g/mol. The normalized spacial score (nSPS) is 19.2. The highest BCUT2D eigenvalue weighted by Gasteiger charge is 2.27. The number of nitrogens with one attached hydrogen (secondary N) is 1. The van der Waals surface area contributed by atoms with Crippen molar-refractivity contribution in [3.63, 3.8) is 0 Å². The fourth-order valence-electron chi connectivity index (χ4n) is 2.14. The monoisotopic (exact) mass is 267 g/mol. The lowest BCUT2D eigenvalue weighted by atomic mass is 9.99. The molecule has 0 spiro atoms. The van der Waals surface area contributed by atoms with Gasteiger partial charge in [0.15, 0.2) is 5.76 Å². The Hall–Kier alpha value is -2.05. The van der Waals surface area contributed by atoms with Crippen LogP contribution in [0.3, 0.4) is 0 Å². The van der Waals surface area contributed by atoms with Gasteiger partial charge in [0.25, 0.3) is 0 Å². The van der Waals surface area contributed by atoms with Crippen LogP contribution in [0, 0.1) is 12.8 Å². The summed E-state index contributed by atoms with van der Waals surface area (Å²) in [5.41, 5.74) is 0.758. The summed E-state index contributed by atoms with van der Waals surface area (Å²) in [6, 6.07) is 1.48. The van der Waals surface area contributed by atoms with Crippen LogP contribution in [0.1, 0.15) is 24.3 Å². The minimum absolute atomic E-state index is 0.258. The summed E-state index contributed by atoms with van der Waals surface area (Å²) in [6.07, 6.45) is 1.34. The highest BCUT2D eigenvalue weighted by atomic mass is 16.5. The third-order valence-electron chi connectivity index (χ3n) is 3.15. The van der Waals surface area contributed by atoms with Crippen molar-refractivity contribution >= 4 is 12.0 Å². The van der Waals surface area contributed by atoms with E-state index in [9.17, 15) is 9.59 Å². The Morgan fingerprint density at radius 2 is 2.42 bits per heavy atom. The van der Waals surface area contributed by atoms with Crippen LogP contribution in [0.25, 0.3) is 0 Å². The number of rotatable bonds is 3. The molecule has 1 aliphatic rings. The van der Waals surface area contributed by atoms with Gasteiger partial charge in [0.05, 0.1) is 18.2 Å². The number of aliphatic carboxylic acids is 1. The van der Waals surface area contributed by atoms with Crippen LogP contribution >= 0.6 is 0 Å². The molecule has 0 bridgehead atoms. The Morgan fingerprint density at radius 1 is 1.63 bits per heavy atom. The number of nitrogens with zero attached hydrogens (tertiary/aromatic N) is 2. The molecule has 1 aromatic heterocycles. The number of aryl methyl sites for hydroxylation is 1. The maximum absolute atomic E-state index is 11.9. The topological polar surface area (TPSA) is 95.7 Å². The number of carboxylic acid groups (broad SMARTS) is 1. The van der Waals surface area contributed by atoms with Gasteiger partial charge in [-0.15, -0.1) is 0 Å². The second kappa shape index (κ2) is 5.73. The smallest absolute Gasteiger partial charge is 0.317 e. The number of hydrogen-bond donors (Lipinski definition) is 2. The first-order chi connectivity index (χ1) is 9.06. The average Bonchev–Trinajstić information content (AvgIpc) is 2.82. The standard InChI is InChI=1S/C12H17N3O4/c1-8-5-10(19-14-8)6-13-12(18)15-4-2-3-9(7-15)11(16)17/h5,9H,2-4,6-7H2,1H3,(H,13,18)(H,16,17)/t9-/m0/s1. The number of amides is 2. The summed E-state index contributed by atoms with van der Waals surface area (Å²) >= 11 is 0. The molecule has 1 aromatic rings. The molecule has 7 heteroatoms. The quantitative estimate of drug-likeness (QED) is 0.851. The first-order valence-corrected chi connectivity index (χ1v) is 6.24. The molecule has 2 heterocycles. The van der Waals surface area contributed by atoms with Gasteiger partial charge in [-0.1, -0.05) is 5.16 Å². The van der Waals surface area contributed by atoms with Gasteiger partial charge in [0, 0.05) is 19.2 Å². The molecular weight excluding hydrogens is 250 g/mol. The molecule has 1 saturated heterocycles. The minimum Gasteiger partial charge on any atom is -0.481 e. The zero-order valence-corrected chi connectivity index (χ0v) is 10.8. The first-order valence-electron chi connectivity index (χ1n) is 6.24. The molecule has 1 atom stereocenters. The van der Waals surface area contributed by atoms with E-state index in [4.69, 9.17) is 9.63 Å². The lowest BCUT2D eigenvalue weighted by Gasteiger charge is -2.30. The van der Waals surface area contributed by atoms with Gasteiger partial charge >= 0.3 is 12.0 Å². The van der Waals surface area contributed by atoms with Crippen molar-refractivity contribution in [3.05, 3.63) is 17.5 Å². The molecular formula is C12H17N3O4. The van der Waals surface area contributed by atoms with Crippen LogP contribution in [0.4, 0.5) is 4.79 Å². The van der Waals surface area contributed by atoms with Gasteiger partial charge in [-0.2, -0.15) is 0 Å². The van der Waals surface area contributed by atoms with Gasteiger partial charge in [-0.25, -0.2) is 4.79 Å². The van der Waals surface area contributed by atoms with Crippen LogP contribution in [0.5, 0.6) is 0 Å². The maximum atomic E-state index is 11.9. The lowest BCUT2D eigenvalue weighted by molar-refractivity contribution is -0.143.